The molecule has 5 heteroatoms. The van der Waals surface area contributed by atoms with Crippen molar-refractivity contribution in [3.63, 3.8) is 0 Å². The van der Waals surface area contributed by atoms with Crippen LogP contribution in [0, 0.1) is 0 Å². The van der Waals surface area contributed by atoms with Gasteiger partial charge in [0.05, 0.1) is 5.69 Å². The smallest absolute Gasteiger partial charge is 0.412 e. The van der Waals surface area contributed by atoms with Gasteiger partial charge in [0.1, 0.15) is 5.60 Å². The Kier molecular flexibility index (Phi) is 7.02. The quantitative estimate of drug-likeness (QED) is 0.680. The van der Waals surface area contributed by atoms with Crippen molar-refractivity contribution in [1.82, 2.24) is 4.90 Å². The Morgan fingerprint density at radius 1 is 1.12 bits per heavy atom. The Morgan fingerprint density at radius 3 is 2.44 bits per heavy atom. The third-order valence-electron chi connectivity index (χ3n) is 3.87. The first-order valence-corrected chi connectivity index (χ1v) is 9.12. The van der Waals surface area contributed by atoms with Crippen LogP contribution in [0.3, 0.4) is 0 Å². The van der Waals surface area contributed by atoms with Crippen molar-refractivity contribution >= 4 is 27.7 Å². The molecule has 134 valence electrons. The molecular formula is C20H25BrN2O2. The summed E-state index contributed by atoms with van der Waals surface area (Å²) in [5, 5.41) is 2.77. The Morgan fingerprint density at radius 2 is 1.76 bits per heavy atom. The van der Waals surface area contributed by atoms with Crippen molar-refractivity contribution in [3.8, 4) is 0 Å². The molecular weight excluding hydrogens is 380 g/mol. The minimum absolute atomic E-state index is 0.442. The largest absolute Gasteiger partial charge is 0.443 e. The molecule has 0 spiro atoms. The van der Waals surface area contributed by atoms with Crippen molar-refractivity contribution in [3.05, 3.63) is 64.6 Å². The Balaban J connectivity index is 1.80. The maximum Gasteiger partial charge on any atom is 0.412 e. The van der Waals surface area contributed by atoms with Gasteiger partial charge < -0.3 is 9.64 Å². The highest BCUT2D eigenvalue weighted by atomic mass is 79.9. The molecule has 0 aliphatic heterocycles. The third kappa shape index (κ3) is 6.88. The van der Waals surface area contributed by atoms with Crippen molar-refractivity contribution in [2.75, 3.05) is 18.9 Å². The zero-order valence-electron chi connectivity index (χ0n) is 15.0. The number of halogens is 1. The van der Waals surface area contributed by atoms with Crippen molar-refractivity contribution in [1.29, 1.82) is 0 Å². The number of ether oxygens (including phenoxy) is 1. The number of rotatable bonds is 7. The van der Waals surface area contributed by atoms with Gasteiger partial charge in [0.2, 0.25) is 0 Å². The lowest BCUT2D eigenvalue weighted by Crippen LogP contribution is -2.34. The summed E-state index contributed by atoms with van der Waals surface area (Å²) in [5.74, 6) is 0. The zero-order valence-corrected chi connectivity index (χ0v) is 16.5. The molecule has 0 aromatic heterocycles. The molecule has 0 aliphatic rings. The predicted octanol–water partition coefficient (Wildman–Crippen LogP) is 5.30. The van der Waals surface area contributed by atoms with Gasteiger partial charge in [-0.25, -0.2) is 4.79 Å². The molecule has 0 fully saturated rings. The van der Waals surface area contributed by atoms with Crippen molar-refractivity contribution < 1.29 is 9.53 Å². The summed E-state index contributed by atoms with van der Waals surface area (Å²) in [6.07, 6.45) is 0.308. The second kappa shape index (κ2) is 9.02. The SMILES string of the molecule is CN(CCC(C)(C)OC(=O)Nc1ccccc1Br)Cc1ccccc1. The van der Waals surface area contributed by atoms with Gasteiger partial charge in [-0.3, -0.25) is 5.32 Å². The average molecular weight is 405 g/mol. The number of hydrogen-bond acceptors (Lipinski definition) is 3. The van der Waals surface area contributed by atoms with Crippen LogP contribution in [0.15, 0.2) is 59.1 Å². The van der Waals surface area contributed by atoms with Gasteiger partial charge in [-0.2, -0.15) is 0 Å². The molecule has 0 bridgehead atoms. The summed E-state index contributed by atoms with van der Waals surface area (Å²) >= 11 is 3.41. The average Bonchev–Trinajstić information content (AvgIpc) is 2.56. The van der Waals surface area contributed by atoms with Crippen molar-refractivity contribution in [2.45, 2.75) is 32.4 Å². The number of para-hydroxylation sites is 1. The van der Waals surface area contributed by atoms with Crippen LogP contribution in [0.1, 0.15) is 25.8 Å². The maximum absolute atomic E-state index is 12.1. The van der Waals surface area contributed by atoms with Gasteiger partial charge in [-0.05, 0) is 60.9 Å². The fourth-order valence-corrected chi connectivity index (χ4v) is 2.82. The zero-order chi connectivity index (χ0) is 18.3. The topological polar surface area (TPSA) is 41.6 Å². The van der Waals surface area contributed by atoms with E-state index in [1.165, 1.54) is 5.56 Å². The summed E-state index contributed by atoms with van der Waals surface area (Å²) in [6.45, 7) is 5.58. The number of nitrogens with one attached hydrogen (secondary N) is 1. The third-order valence-corrected chi connectivity index (χ3v) is 4.56. The van der Waals surface area contributed by atoms with Crippen LogP contribution in [0.4, 0.5) is 10.5 Å². The Labute approximate surface area is 158 Å². The summed E-state index contributed by atoms with van der Waals surface area (Å²) in [5.41, 5.74) is 1.43. The normalized spacial score (nSPS) is 11.4. The van der Waals surface area contributed by atoms with Gasteiger partial charge in [0, 0.05) is 17.6 Å². The number of nitrogens with zero attached hydrogens (tertiary/aromatic N) is 1. The van der Waals surface area contributed by atoms with E-state index in [1.54, 1.807) is 0 Å². The number of benzene rings is 2. The van der Waals surface area contributed by atoms with E-state index in [0.717, 1.165) is 24.0 Å². The molecule has 0 saturated carbocycles. The Bertz CT molecular complexity index is 689. The maximum atomic E-state index is 12.1. The molecule has 1 amide bonds. The second-order valence-corrected chi connectivity index (χ2v) is 7.58. The first-order valence-electron chi connectivity index (χ1n) is 8.33. The van der Waals surface area contributed by atoms with Gasteiger partial charge in [0.15, 0.2) is 0 Å². The van der Waals surface area contributed by atoms with Crippen molar-refractivity contribution in [2.24, 2.45) is 0 Å². The first kappa shape index (κ1) is 19.5. The molecule has 0 unspecified atom stereocenters. The van der Waals surface area contributed by atoms with Crippen LogP contribution in [0.25, 0.3) is 0 Å². The Hall–Kier alpha value is -1.85. The molecule has 2 aromatic carbocycles. The lowest BCUT2D eigenvalue weighted by Gasteiger charge is -2.28. The minimum atomic E-state index is -0.545. The molecule has 2 rings (SSSR count). The predicted molar refractivity (Wildman–Crippen MR) is 106 cm³/mol. The van der Waals surface area contributed by atoms with E-state index in [-0.39, 0.29) is 0 Å². The summed E-state index contributed by atoms with van der Waals surface area (Å²) in [4.78, 5) is 14.4. The minimum Gasteiger partial charge on any atom is -0.443 e. The van der Waals surface area contributed by atoms with Crippen LogP contribution >= 0.6 is 15.9 Å². The molecule has 25 heavy (non-hydrogen) atoms. The van der Waals surface area contributed by atoms with E-state index < -0.39 is 11.7 Å². The van der Waals surface area contributed by atoms with E-state index in [0.29, 0.717) is 5.69 Å². The van der Waals surface area contributed by atoms with Crippen LogP contribution in [0.2, 0.25) is 0 Å². The molecule has 0 aliphatic carbocycles. The van der Waals surface area contributed by atoms with Gasteiger partial charge >= 0.3 is 6.09 Å². The number of anilines is 1. The van der Waals surface area contributed by atoms with E-state index >= 15 is 0 Å². The highest BCUT2D eigenvalue weighted by molar-refractivity contribution is 9.10. The van der Waals surface area contributed by atoms with E-state index in [1.807, 2.05) is 56.3 Å². The monoisotopic (exact) mass is 404 g/mol. The van der Waals surface area contributed by atoms with Gasteiger partial charge in [-0.1, -0.05) is 42.5 Å². The lowest BCUT2D eigenvalue weighted by atomic mass is 10.0. The van der Waals surface area contributed by atoms with Crippen LogP contribution in [-0.2, 0) is 11.3 Å². The number of carbonyl (C=O) groups excluding carboxylic acids is 1. The fourth-order valence-electron chi connectivity index (χ4n) is 2.43. The van der Waals surface area contributed by atoms with Crippen LogP contribution in [-0.4, -0.2) is 30.2 Å². The van der Waals surface area contributed by atoms with Gasteiger partial charge in [-0.15, -0.1) is 0 Å². The molecule has 2 aromatic rings. The molecule has 0 atom stereocenters. The molecule has 4 nitrogen and oxygen atoms in total. The summed E-state index contributed by atoms with van der Waals surface area (Å²) in [6, 6.07) is 17.8. The highest BCUT2D eigenvalue weighted by Crippen LogP contribution is 2.23. The number of carbonyl (C=O) groups is 1. The van der Waals surface area contributed by atoms with Crippen LogP contribution in [0.5, 0.6) is 0 Å². The summed E-state index contributed by atoms with van der Waals surface area (Å²) in [7, 11) is 2.07. The number of amides is 1. The molecule has 0 heterocycles. The van der Waals surface area contributed by atoms with E-state index in [9.17, 15) is 4.79 Å². The molecule has 0 saturated heterocycles. The van der Waals surface area contributed by atoms with Crippen LogP contribution < -0.4 is 5.32 Å². The molecule has 1 N–H and O–H groups in total. The highest BCUT2D eigenvalue weighted by Gasteiger charge is 2.23. The summed E-state index contributed by atoms with van der Waals surface area (Å²) < 4.78 is 6.43. The molecule has 0 radical (unpaired) electrons. The van der Waals surface area contributed by atoms with E-state index in [4.69, 9.17) is 4.74 Å². The first-order chi connectivity index (χ1) is 11.9. The van der Waals surface area contributed by atoms with E-state index in [2.05, 4.69) is 45.3 Å². The standard InChI is InChI=1S/C20H25BrN2O2/c1-20(2,13-14-23(3)15-16-9-5-4-6-10-16)25-19(24)22-18-12-8-7-11-17(18)21/h4-12H,13-15H2,1-3H3,(H,22,24). The van der Waals surface area contributed by atoms with Gasteiger partial charge in [0.25, 0.3) is 0 Å². The fraction of sp³-hybridized carbons (Fsp3) is 0.350. The second-order valence-electron chi connectivity index (χ2n) is 6.73. The number of hydrogen-bond donors (Lipinski definition) is 1. The lowest BCUT2D eigenvalue weighted by molar-refractivity contribution is 0.0353.